The van der Waals surface area contributed by atoms with Crippen LogP contribution in [0.4, 0.5) is 0 Å². The van der Waals surface area contributed by atoms with Crippen LogP contribution in [-0.4, -0.2) is 15.7 Å². The van der Waals surface area contributed by atoms with E-state index in [1.165, 1.54) is 10.6 Å². The van der Waals surface area contributed by atoms with Crippen LogP contribution in [0.15, 0.2) is 115 Å². The van der Waals surface area contributed by atoms with Crippen molar-refractivity contribution in [2.75, 3.05) is 6.79 Å². The Morgan fingerprint density at radius 1 is 0.725 bits per heavy atom. The van der Waals surface area contributed by atoms with E-state index in [1.807, 2.05) is 20.8 Å². The molecule has 2 atom stereocenters. The minimum Gasteiger partial charge on any atom is -0.454 e. The van der Waals surface area contributed by atoms with Crippen molar-refractivity contribution in [3.8, 4) is 11.5 Å². The molecule has 0 aliphatic carbocycles. The molecular weight excluding hydrogens is 533 g/mol. The van der Waals surface area contributed by atoms with E-state index in [0.29, 0.717) is 5.75 Å². The molecule has 1 heterocycles. The van der Waals surface area contributed by atoms with Crippen molar-refractivity contribution in [1.82, 2.24) is 4.72 Å². The van der Waals surface area contributed by atoms with Crippen LogP contribution in [0.1, 0.15) is 37.9 Å². The second kappa shape index (κ2) is 11.2. The van der Waals surface area contributed by atoms with Gasteiger partial charge in [-0.3, -0.25) is 0 Å². The third kappa shape index (κ3) is 5.30. The summed E-state index contributed by atoms with van der Waals surface area (Å²) in [6.45, 7) is 6.18. The normalized spacial score (nSPS) is 14.4. The molecule has 40 heavy (non-hydrogen) atoms. The Labute approximate surface area is 239 Å². The first-order valence-corrected chi connectivity index (χ1v) is 15.9. The van der Waals surface area contributed by atoms with Crippen molar-refractivity contribution >= 4 is 45.6 Å². The lowest BCUT2D eigenvalue weighted by Gasteiger charge is -2.30. The highest BCUT2D eigenvalue weighted by molar-refractivity contribution is 7.84. The predicted molar refractivity (Wildman–Crippen MR) is 168 cm³/mol. The van der Waals surface area contributed by atoms with Crippen molar-refractivity contribution in [3.05, 3.63) is 126 Å². The third-order valence-electron chi connectivity index (χ3n) is 7.02. The molecule has 6 heteroatoms. The Morgan fingerprint density at radius 2 is 1.30 bits per heavy atom. The van der Waals surface area contributed by atoms with Crippen LogP contribution in [0.5, 0.6) is 11.5 Å². The lowest BCUT2D eigenvalue weighted by atomic mass is 9.94. The molecule has 0 saturated carbocycles. The number of ether oxygens (including phenoxy) is 2. The molecule has 5 aromatic carbocycles. The van der Waals surface area contributed by atoms with E-state index in [-0.39, 0.29) is 12.8 Å². The summed E-state index contributed by atoms with van der Waals surface area (Å²) in [6.07, 6.45) is 0. The SMILES string of the molecule is CC(C)(C)[S@@](=O)NC(c1cc2c(cc1P(c1ccccc1)c1ccccc1)OCO2)c1cccc2ccccc12. The number of rotatable bonds is 7. The predicted octanol–water partition coefficient (Wildman–Crippen LogP) is 6.47. The molecule has 1 N–H and O–H groups in total. The first kappa shape index (κ1) is 26.7. The minimum atomic E-state index is -1.33. The lowest BCUT2D eigenvalue weighted by molar-refractivity contribution is 0.174. The molecule has 1 aliphatic rings. The summed E-state index contributed by atoms with van der Waals surface area (Å²) in [6, 6.07) is 39.9. The molecule has 1 unspecified atom stereocenters. The number of hydrogen-bond acceptors (Lipinski definition) is 3. The van der Waals surface area contributed by atoms with E-state index in [1.54, 1.807) is 0 Å². The zero-order chi connectivity index (χ0) is 27.7. The van der Waals surface area contributed by atoms with Gasteiger partial charge >= 0.3 is 0 Å². The van der Waals surface area contributed by atoms with Gasteiger partial charge in [-0.1, -0.05) is 103 Å². The molecule has 0 radical (unpaired) electrons. The van der Waals surface area contributed by atoms with E-state index in [2.05, 4.69) is 120 Å². The molecule has 0 fully saturated rings. The molecule has 1 aliphatic heterocycles. The van der Waals surface area contributed by atoms with Crippen molar-refractivity contribution < 1.29 is 13.7 Å². The molecular formula is C34H32NO3PS. The summed E-state index contributed by atoms with van der Waals surface area (Å²) in [4.78, 5) is 0. The van der Waals surface area contributed by atoms with Gasteiger partial charge < -0.3 is 9.47 Å². The highest BCUT2D eigenvalue weighted by Crippen LogP contribution is 2.43. The number of nitrogens with one attached hydrogen (secondary N) is 1. The van der Waals surface area contributed by atoms with Gasteiger partial charge in [-0.2, -0.15) is 0 Å². The topological polar surface area (TPSA) is 47.6 Å². The monoisotopic (exact) mass is 565 g/mol. The average Bonchev–Trinajstić information content (AvgIpc) is 3.44. The van der Waals surface area contributed by atoms with Gasteiger partial charge in [-0.25, -0.2) is 8.93 Å². The van der Waals surface area contributed by atoms with E-state index in [0.717, 1.165) is 33.0 Å². The van der Waals surface area contributed by atoms with Gasteiger partial charge in [0, 0.05) is 0 Å². The smallest absolute Gasteiger partial charge is 0.231 e. The first-order valence-electron chi connectivity index (χ1n) is 13.4. The minimum absolute atomic E-state index is 0.188. The van der Waals surface area contributed by atoms with Crippen LogP contribution in [0.2, 0.25) is 0 Å². The molecule has 0 amide bonds. The van der Waals surface area contributed by atoms with Crippen molar-refractivity contribution in [1.29, 1.82) is 0 Å². The maximum Gasteiger partial charge on any atom is 0.231 e. The Morgan fingerprint density at radius 3 is 1.95 bits per heavy atom. The van der Waals surface area contributed by atoms with E-state index in [9.17, 15) is 4.21 Å². The maximum absolute atomic E-state index is 13.8. The summed E-state index contributed by atoms with van der Waals surface area (Å²) in [5.41, 5.74) is 2.11. The standard InChI is InChI=1S/C34H32NO3PS/c1-34(2,3)40(36)35-33(28-20-12-14-24-13-10-11-19-27(24)28)29-21-30-31(38-23-37-30)22-32(29)39(25-15-6-4-7-16-25)26-17-8-5-9-18-26/h4-22,33,35H,23H2,1-3H3/t33?,40-/m1/s1. The number of fused-ring (bicyclic) bond motifs is 2. The molecule has 0 spiro atoms. The molecule has 0 bridgehead atoms. The lowest BCUT2D eigenvalue weighted by Crippen LogP contribution is -2.38. The summed E-state index contributed by atoms with van der Waals surface area (Å²) in [7, 11) is -2.30. The van der Waals surface area contributed by atoms with Crippen LogP contribution in [0.3, 0.4) is 0 Å². The molecule has 0 saturated heterocycles. The zero-order valence-corrected chi connectivity index (χ0v) is 24.5. The van der Waals surface area contributed by atoms with Crippen LogP contribution >= 0.6 is 7.92 Å². The Kier molecular flexibility index (Phi) is 7.46. The van der Waals surface area contributed by atoms with Gasteiger partial charge in [-0.15, -0.1) is 0 Å². The van der Waals surface area contributed by atoms with E-state index in [4.69, 9.17) is 9.47 Å². The van der Waals surface area contributed by atoms with Crippen LogP contribution in [0.25, 0.3) is 10.8 Å². The van der Waals surface area contributed by atoms with Crippen molar-refractivity contribution in [2.45, 2.75) is 31.6 Å². The fraction of sp³-hybridized carbons (Fsp3) is 0.176. The van der Waals surface area contributed by atoms with E-state index < -0.39 is 23.7 Å². The van der Waals surface area contributed by atoms with Crippen LogP contribution in [0, 0.1) is 0 Å². The summed E-state index contributed by atoms with van der Waals surface area (Å²) < 4.78 is 28.7. The van der Waals surface area contributed by atoms with Crippen molar-refractivity contribution in [2.24, 2.45) is 0 Å². The summed E-state index contributed by atoms with van der Waals surface area (Å²) in [5.74, 6) is 1.45. The van der Waals surface area contributed by atoms with Crippen molar-refractivity contribution in [3.63, 3.8) is 0 Å². The second-order valence-electron chi connectivity index (χ2n) is 10.8. The zero-order valence-electron chi connectivity index (χ0n) is 22.8. The van der Waals surface area contributed by atoms with Gasteiger partial charge in [0.15, 0.2) is 11.5 Å². The number of benzene rings is 5. The molecule has 0 aromatic heterocycles. The molecule has 6 rings (SSSR count). The Hall–Kier alpha value is -3.50. The summed E-state index contributed by atoms with van der Waals surface area (Å²) in [5, 5.41) is 5.88. The Balaban J connectivity index is 1.64. The first-order chi connectivity index (χ1) is 19.4. The van der Waals surface area contributed by atoms with Gasteiger partial charge in [0.05, 0.1) is 21.8 Å². The van der Waals surface area contributed by atoms with Gasteiger partial charge in [-0.05, 0) is 78.6 Å². The second-order valence-corrected chi connectivity index (χ2v) is 15.0. The van der Waals surface area contributed by atoms with Crippen LogP contribution < -0.4 is 30.1 Å². The molecule has 5 aromatic rings. The fourth-order valence-corrected chi connectivity index (χ4v) is 8.35. The van der Waals surface area contributed by atoms with Gasteiger partial charge in [0.1, 0.15) is 0 Å². The van der Waals surface area contributed by atoms with E-state index >= 15 is 0 Å². The highest BCUT2D eigenvalue weighted by Gasteiger charge is 2.32. The average molecular weight is 566 g/mol. The molecule has 4 nitrogen and oxygen atoms in total. The highest BCUT2D eigenvalue weighted by atomic mass is 32.2. The maximum atomic E-state index is 13.8. The van der Waals surface area contributed by atoms with Crippen LogP contribution in [-0.2, 0) is 11.0 Å². The quantitative estimate of drug-likeness (QED) is 0.230. The Bertz CT molecular complexity index is 1620. The van der Waals surface area contributed by atoms with Gasteiger partial charge in [0.25, 0.3) is 0 Å². The molecule has 202 valence electrons. The largest absolute Gasteiger partial charge is 0.454 e. The number of hydrogen-bond donors (Lipinski definition) is 1. The summed E-state index contributed by atoms with van der Waals surface area (Å²) >= 11 is 0. The third-order valence-corrected chi connectivity index (χ3v) is 11.1. The van der Waals surface area contributed by atoms with Gasteiger partial charge in [0.2, 0.25) is 6.79 Å². The fourth-order valence-electron chi connectivity index (χ4n) is 5.03.